The van der Waals surface area contributed by atoms with Crippen LogP contribution in [0, 0.1) is 6.92 Å². The van der Waals surface area contributed by atoms with Crippen molar-refractivity contribution in [3.05, 3.63) is 60.2 Å². The van der Waals surface area contributed by atoms with E-state index >= 15 is 0 Å². The standard InChI is InChI=1S/C22H21BN6O2/c1-13(17-7-6-15(8-19(17)30-3)21-28-29-22(23)31-21)10-25-20-9-18(26-12-27-20)16-5-4-14(2)24-11-16/h4-9,11-13H,10H2,1-3H3,(H,25,26,27). The quantitative estimate of drug-likeness (QED) is 0.463. The molecule has 0 saturated carbocycles. The lowest BCUT2D eigenvalue weighted by Crippen LogP contribution is -2.12. The van der Waals surface area contributed by atoms with E-state index in [0.717, 1.165) is 39.6 Å². The summed E-state index contributed by atoms with van der Waals surface area (Å²) in [6.07, 6.45) is 3.36. The highest BCUT2D eigenvalue weighted by Gasteiger charge is 2.15. The van der Waals surface area contributed by atoms with Crippen LogP contribution in [0.15, 0.2) is 53.3 Å². The Morgan fingerprint density at radius 3 is 2.61 bits per heavy atom. The lowest BCUT2D eigenvalue weighted by molar-refractivity contribution is 0.407. The van der Waals surface area contributed by atoms with E-state index < -0.39 is 0 Å². The van der Waals surface area contributed by atoms with E-state index in [0.29, 0.717) is 12.4 Å². The van der Waals surface area contributed by atoms with Crippen LogP contribution in [0.5, 0.6) is 5.75 Å². The van der Waals surface area contributed by atoms with Gasteiger partial charge in [-0.15, -0.1) is 10.2 Å². The molecule has 4 aromatic rings. The second kappa shape index (κ2) is 8.95. The van der Waals surface area contributed by atoms with Gasteiger partial charge in [-0.25, -0.2) is 9.97 Å². The molecule has 0 spiro atoms. The molecule has 2 radical (unpaired) electrons. The number of aryl methyl sites for hydroxylation is 1. The van der Waals surface area contributed by atoms with Crippen LogP contribution in [-0.2, 0) is 0 Å². The van der Waals surface area contributed by atoms with Gasteiger partial charge in [0.05, 0.1) is 12.8 Å². The van der Waals surface area contributed by atoms with E-state index in [1.165, 1.54) is 0 Å². The normalized spacial score (nSPS) is 11.8. The van der Waals surface area contributed by atoms with Crippen molar-refractivity contribution in [1.82, 2.24) is 25.1 Å². The molecule has 1 aromatic carbocycles. The van der Waals surface area contributed by atoms with Crippen LogP contribution in [0.25, 0.3) is 22.7 Å². The first kappa shape index (κ1) is 20.5. The highest BCUT2D eigenvalue weighted by molar-refractivity contribution is 6.28. The Kier molecular flexibility index (Phi) is 5.93. The van der Waals surface area contributed by atoms with Crippen LogP contribution in [-0.4, -0.2) is 46.7 Å². The van der Waals surface area contributed by atoms with Gasteiger partial charge < -0.3 is 14.5 Å². The van der Waals surface area contributed by atoms with Gasteiger partial charge in [-0.3, -0.25) is 4.98 Å². The average molecular weight is 412 g/mol. The van der Waals surface area contributed by atoms with Gasteiger partial charge in [-0.2, -0.15) is 0 Å². The number of nitrogens with zero attached hydrogens (tertiary/aromatic N) is 5. The van der Waals surface area contributed by atoms with E-state index in [2.05, 4.69) is 37.4 Å². The van der Waals surface area contributed by atoms with Crippen molar-refractivity contribution in [3.8, 4) is 28.5 Å². The molecule has 154 valence electrons. The lowest BCUT2D eigenvalue weighted by atomic mass is 9.98. The molecule has 1 atom stereocenters. The minimum Gasteiger partial charge on any atom is -0.496 e. The van der Waals surface area contributed by atoms with E-state index in [4.69, 9.17) is 17.0 Å². The monoisotopic (exact) mass is 412 g/mol. The van der Waals surface area contributed by atoms with Crippen molar-refractivity contribution in [1.29, 1.82) is 0 Å². The van der Waals surface area contributed by atoms with Crippen LogP contribution in [0.3, 0.4) is 0 Å². The molecule has 0 fully saturated rings. The van der Waals surface area contributed by atoms with E-state index in [1.807, 2.05) is 49.5 Å². The van der Waals surface area contributed by atoms with Gasteiger partial charge in [0.25, 0.3) is 0 Å². The number of aromatic nitrogens is 5. The number of rotatable bonds is 7. The third-order valence-electron chi connectivity index (χ3n) is 4.92. The number of ether oxygens (including phenoxy) is 1. The second-order valence-electron chi connectivity index (χ2n) is 7.16. The summed E-state index contributed by atoms with van der Waals surface area (Å²) in [5.41, 5.74) is 4.52. The number of benzene rings is 1. The highest BCUT2D eigenvalue weighted by atomic mass is 16.5. The number of hydrogen-bond acceptors (Lipinski definition) is 8. The van der Waals surface area contributed by atoms with Crippen molar-refractivity contribution in [2.45, 2.75) is 19.8 Å². The zero-order valence-electron chi connectivity index (χ0n) is 17.5. The molecule has 0 aliphatic carbocycles. The molecule has 0 bridgehead atoms. The fraction of sp³-hybridized carbons (Fsp3) is 0.227. The molecule has 0 amide bonds. The third-order valence-corrected chi connectivity index (χ3v) is 4.92. The molecule has 3 heterocycles. The topological polar surface area (TPSA) is 98.9 Å². The molecule has 0 aliphatic heterocycles. The summed E-state index contributed by atoms with van der Waals surface area (Å²) in [5.74, 6) is 2.01. The van der Waals surface area contributed by atoms with Gasteiger partial charge in [-0.1, -0.05) is 13.0 Å². The van der Waals surface area contributed by atoms with Crippen molar-refractivity contribution >= 4 is 19.5 Å². The van der Waals surface area contributed by atoms with E-state index in [1.54, 1.807) is 13.4 Å². The predicted molar refractivity (Wildman–Crippen MR) is 119 cm³/mol. The van der Waals surface area contributed by atoms with Gasteiger partial charge in [0.15, 0.2) is 13.6 Å². The minimum atomic E-state index is 0.0289. The Bertz CT molecular complexity index is 1180. The smallest absolute Gasteiger partial charge is 0.246 e. The molecule has 0 aliphatic rings. The first-order valence-corrected chi connectivity index (χ1v) is 9.79. The highest BCUT2D eigenvalue weighted by Crippen LogP contribution is 2.31. The first-order chi connectivity index (χ1) is 15.0. The number of methoxy groups -OCH3 is 1. The molecule has 0 saturated heterocycles. The fourth-order valence-electron chi connectivity index (χ4n) is 3.20. The fourth-order valence-corrected chi connectivity index (χ4v) is 3.20. The van der Waals surface area contributed by atoms with Gasteiger partial charge in [0, 0.05) is 41.5 Å². The van der Waals surface area contributed by atoms with Gasteiger partial charge in [0.1, 0.15) is 17.9 Å². The molecule has 9 heteroatoms. The Balaban J connectivity index is 1.48. The van der Waals surface area contributed by atoms with Crippen LogP contribution >= 0.6 is 0 Å². The largest absolute Gasteiger partial charge is 0.496 e. The number of anilines is 1. The Morgan fingerprint density at radius 2 is 1.90 bits per heavy atom. The lowest BCUT2D eigenvalue weighted by Gasteiger charge is -2.17. The zero-order valence-corrected chi connectivity index (χ0v) is 17.5. The molecule has 1 N–H and O–H groups in total. The molecular weight excluding hydrogens is 391 g/mol. The maximum atomic E-state index is 5.59. The maximum Gasteiger partial charge on any atom is 0.246 e. The van der Waals surface area contributed by atoms with Crippen molar-refractivity contribution in [2.75, 3.05) is 19.0 Å². The van der Waals surface area contributed by atoms with Crippen LogP contribution in [0.2, 0.25) is 0 Å². The molecule has 1 unspecified atom stereocenters. The number of pyridine rings is 1. The molecule has 3 aromatic heterocycles. The predicted octanol–water partition coefficient (Wildman–Crippen LogP) is 2.92. The molecule has 31 heavy (non-hydrogen) atoms. The van der Waals surface area contributed by atoms with Gasteiger partial charge >= 0.3 is 0 Å². The summed E-state index contributed by atoms with van der Waals surface area (Å²) in [5, 5.41) is 11.0. The number of hydrogen-bond donors (Lipinski definition) is 1. The van der Waals surface area contributed by atoms with E-state index in [9.17, 15) is 0 Å². The first-order valence-electron chi connectivity index (χ1n) is 9.79. The van der Waals surface area contributed by atoms with Crippen LogP contribution in [0.1, 0.15) is 24.1 Å². The van der Waals surface area contributed by atoms with Crippen molar-refractivity contribution in [2.24, 2.45) is 0 Å². The van der Waals surface area contributed by atoms with Crippen LogP contribution in [0.4, 0.5) is 5.82 Å². The average Bonchev–Trinajstić information content (AvgIpc) is 3.24. The van der Waals surface area contributed by atoms with E-state index in [-0.39, 0.29) is 11.7 Å². The molecule has 8 nitrogen and oxygen atoms in total. The minimum absolute atomic E-state index is 0.0289. The summed E-state index contributed by atoms with van der Waals surface area (Å²) in [4.78, 5) is 13.0. The Hall–Kier alpha value is -3.75. The Labute approximate surface area is 181 Å². The summed E-state index contributed by atoms with van der Waals surface area (Å²) < 4.78 is 10.9. The maximum absolute atomic E-state index is 5.59. The number of nitrogens with one attached hydrogen (secondary N) is 1. The summed E-state index contributed by atoms with van der Waals surface area (Å²) in [7, 11) is 7.16. The summed E-state index contributed by atoms with van der Waals surface area (Å²) in [6, 6.07) is 11.6. The van der Waals surface area contributed by atoms with Crippen LogP contribution < -0.4 is 15.8 Å². The van der Waals surface area contributed by atoms with Crippen molar-refractivity contribution < 1.29 is 9.15 Å². The Morgan fingerprint density at radius 1 is 1.06 bits per heavy atom. The molecule has 4 rings (SSSR count). The third kappa shape index (κ3) is 4.71. The van der Waals surface area contributed by atoms with Crippen molar-refractivity contribution in [3.63, 3.8) is 0 Å². The summed E-state index contributed by atoms with van der Waals surface area (Å²) >= 11 is 0. The zero-order chi connectivity index (χ0) is 21.8. The summed E-state index contributed by atoms with van der Waals surface area (Å²) in [6.45, 7) is 4.73. The van der Waals surface area contributed by atoms with Gasteiger partial charge in [-0.05, 0) is 36.8 Å². The second-order valence-corrected chi connectivity index (χ2v) is 7.16. The SMILES string of the molecule is [B]c1nnc(-c2ccc(C(C)CNc3cc(-c4ccc(C)nc4)ncn3)c(OC)c2)o1. The molecular formula is C22H21BN6O2. The van der Waals surface area contributed by atoms with Gasteiger partial charge in [0.2, 0.25) is 5.89 Å².